The molecule has 1 aromatic carbocycles. The molecule has 0 bridgehead atoms. The van der Waals surface area contributed by atoms with Gasteiger partial charge in [0.05, 0.1) is 19.0 Å². The van der Waals surface area contributed by atoms with E-state index in [1.165, 1.54) is 7.11 Å². The van der Waals surface area contributed by atoms with Crippen LogP contribution in [0.1, 0.15) is 43.6 Å². The second kappa shape index (κ2) is 9.24. The lowest BCUT2D eigenvalue weighted by molar-refractivity contribution is -0.141. The van der Waals surface area contributed by atoms with Crippen LogP contribution in [0, 0.1) is 19.8 Å². The first-order valence-corrected chi connectivity index (χ1v) is 10.4. The van der Waals surface area contributed by atoms with E-state index in [2.05, 4.69) is 18.9 Å². The molecule has 7 nitrogen and oxygen atoms in total. The lowest BCUT2D eigenvalue weighted by Gasteiger charge is -2.24. The Morgan fingerprint density at radius 1 is 1.17 bits per heavy atom. The van der Waals surface area contributed by atoms with Gasteiger partial charge in [-0.1, -0.05) is 26.0 Å². The molecule has 30 heavy (non-hydrogen) atoms. The van der Waals surface area contributed by atoms with E-state index in [0.29, 0.717) is 31.8 Å². The Hall–Kier alpha value is -2.96. The molecule has 1 amide bonds. The topological polar surface area (TPSA) is 76.8 Å². The third-order valence-electron chi connectivity index (χ3n) is 5.36. The zero-order valence-corrected chi connectivity index (χ0v) is 18.4. The minimum absolute atomic E-state index is 0.0390. The number of aryl methyl sites for hydroxylation is 2. The van der Waals surface area contributed by atoms with Gasteiger partial charge >= 0.3 is 5.97 Å². The predicted molar refractivity (Wildman–Crippen MR) is 116 cm³/mol. The summed E-state index contributed by atoms with van der Waals surface area (Å²) in [5, 5.41) is 5.71. The zero-order chi connectivity index (χ0) is 21.8. The Kier molecular flexibility index (Phi) is 6.70. The second-order valence-electron chi connectivity index (χ2n) is 8.07. The summed E-state index contributed by atoms with van der Waals surface area (Å²) in [4.78, 5) is 31.0. The minimum atomic E-state index is -0.302. The fourth-order valence-corrected chi connectivity index (χ4v) is 3.82. The van der Waals surface area contributed by atoms with E-state index >= 15 is 0 Å². The molecule has 0 N–H and O–H groups in total. The van der Waals surface area contributed by atoms with Crippen molar-refractivity contribution >= 4 is 28.4 Å². The van der Waals surface area contributed by atoms with Crippen LogP contribution in [-0.2, 0) is 20.7 Å². The maximum Gasteiger partial charge on any atom is 0.307 e. The highest BCUT2D eigenvalue weighted by atomic mass is 16.5. The van der Waals surface area contributed by atoms with Crippen molar-refractivity contribution in [3.05, 3.63) is 41.2 Å². The zero-order valence-electron chi connectivity index (χ0n) is 18.4. The quantitative estimate of drug-likeness (QED) is 0.532. The summed E-state index contributed by atoms with van der Waals surface area (Å²) in [6.45, 7) is 9.13. The Labute approximate surface area is 177 Å². The molecule has 2 aromatic heterocycles. The van der Waals surface area contributed by atoms with Crippen molar-refractivity contribution in [1.29, 1.82) is 0 Å². The van der Waals surface area contributed by atoms with Crippen molar-refractivity contribution in [2.24, 2.45) is 5.92 Å². The van der Waals surface area contributed by atoms with Crippen molar-refractivity contribution in [1.82, 2.24) is 19.5 Å². The van der Waals surface area contributed by atoms with Gasteiger partial charge in [-0.2, -0.15) is 5.10 Å². The normalized spacial score (nSPS) is 11.4. The molecule has 0 atom stereocenters. The Bertz CT molecular complexity index is 1070. The van der Waals surface area contributed by atoms with E-state index in [1.54, 1.807) is 4.90 Å². The Balaban J connectivity index is 1.80. The number of fused-ring (bicyclic) bond motifs is 3. The van der Waals surface area contributed by atoms with Crippen LogP contribution in [0.2, 0.25) is 0 Å². The summed E-state index contributed by atoms with van der Waals surface area (Å²) >= 11 is 0. The Morgan fingerprint density at radius 2 is 1.90 bits per heavy atom. The summed E-state index contributed by atoms with van der Waals surface area (Å²) < 4.78 is 6.59. The standard InChI is InChI=1S/C23H30N4O3/c1-15(2)14-26(13-12-22(29)30-5)21(28)11-10-18-16(3)24-23-19-8-6-7-9-20(19)25-27(23)17(18)4/h6-9,15H,10-14H2,1-5H3. The molecule has 0 radical (unpaired) electrons. The summed E-state index contributed by atoms with van der Waals surface area (Å²) in [5.41, 5.74) is 4.72. The van der Waals surface area contributed by atoms with E-state index in [1.807, 2.05) is 42.6 Å². The van der Waals surface area contributed by atoms with Gasteiger partial charge < -0.3 is 9.64 Å². The number of amides is 1. The molecule has 0 aliphatic heterocycles. The van der Waals surface area contributed by atoms with E-state index < -0.39 is 0 Å². The fourth-order valence-electron chi connectivity index (χ4n) is 3.82. The monoisotopic (exact) mass is 410 g/mol. The Morgan fingerprint density at radius 3 is 2.60 bits per heavy atom. The summed E-state index contributed by atoms with van der Waals surface area (Å²) in [6.07, 6.45) is 1.16. The van der Waals surface area contributed by atoms with E-state index in [9.17, 15) is 9.59 Å². The number of esters is 1. The first kappa shape index (κ1) is 21.7. The van der Waals surface area contributed by atoms with Crippen molar-refractivity contribution in [3.63, 3.8) is 0 Å². The van der Waals surface area contributed by atoms with Crippen LogP contribution in [0.25, 0.3) is 16.6 Å². The van der Waals surface area contributed by atoms with Crippen molar-refractivity contribution in [2.75, 3.05) is 20.2 Å². The number of methoxy groups -OCH3 is 1. The highest BCUT2D eigenvalue weighted by Crippen LogP contribution is 2.23. The lowest BCUT2D eigenvalue weighted by atomic mass is 10.1. The van der Waals surface area contributed by atoms with Crippen LogP contribution < -0.4 is 0 Å². The highest BCUT2D eigenvalue weighted by Gasteiger charge is 2.19. The van der Waals surface area contributed by atoms with Gasteiger partial charge in [-0.3, -0.25) is 9.59 Å². The first-order valence-electron chi connectivity index (χ1n) is 10.4. The third kappa shape index (κ3) is 4.61. The third-order valence-corrected chi connectivity index (χ3v) is 5.36. The molecule has 2 heterocycles. The predicted octanol–water partition coefficient (Wildman–Crippen LogP) is 3.48. The number of carbonyl (C=O) groups excluding carboxylic acids is 2. The molecule has 0 saturated carbocycles. The molecule has 160 valence electrons. The molecule has 0 aliphatic carbocycles. The smallest absolute Gasteiger partial charge is 0.307 e. The number of aromatic nitrogens is 3. The maximum atomic E-state index is 12.9. The number of nitrogens with zero attached hydrogens (tertiary/aromatic N) is 4. The van der Waals surface area contributed by atoms with Crippen LogP contribution >= 0.6 is 0 Å². The number of hydrogen-bond donors (Lipinski definition) is 0. The largest absolute Gasteiger partial charge is 0.469 e. The lowest BCUT2D eigenvalue weighted by Crippen LogP contribution is -2.36. The van der Waals surface area contributed by atoms with Gasteiger partial charge in [-0.05, 0) is 43.9 Å². The van der Waals surface area contributed by atoms with Gasteiger partial charge in [0.2, 0.25) is 5.91 Å². The first-order chi connectivity index (χ1) is 14.3. The molecular formula is C23H30N4O3. The molecule has 0 aliphatic rings. The average Bonchev–Trinajstić information content (AvgIpc) is 3.09. The number of hydrogen-bond acceptors (Lipinski definition) is 5. The van der Waals surface area contributed by atoms with Crippen molar-refractivity contribution in [3.8, 4) is 0 Å². The highest BCUT2D eigenvalue weighted by molar-refractivity contribution is 5.92. The van der Waals surface area contributed by atoms with Crippen LogP contribution in [0.3, 0.4) is 0 Å². The molecular weight excluding hydrogens is 380 g/mol. The van der Waals surface area contributed by atoms with E-state index in [-0.39, 0.29) is 18.3 Å². The van der Waals surface area contributed by atoms with Crippen LogP contribution in [-0.4, -0.2) is 51.6 Å². The van der Waals surface area contributed by atoms with Crippen LogP contribution in [0.4, 0.5) is 0 Å². The van der Waals surface area contributed by atoms with E-state index in [0.717, 1.165) is 33.5 Å². The van der Waals surface area contributed by atoms with Crippen molar-refractivity contribution in [2.45, 2.75) is 47.0 Å². The molecule has 7 heteroatoms. The van der Waals surface area contributed by atoms with Gasteiger partial charge in [0.1, 0.15) is 0 Å². The summed E-state index contributed by atoms with van der Waals surface area (Å²) in [6, 6.07) is 7.96. The van der Waals surface area contributed by atoms with Crippen LogP contribution in [0.15, 0.2) is 24.3 Å². The van der Waals surface area contributed by atoms with Gasteiger partial charge in [-0.25, -0.2) is 9.50 Å². The van der Waals surface area contributed by atoms with Gasteiger partial charge in [0.15, 0.2) is 5.65 Å². The number of benzene rings is 1. The van der Waals surface area contributed by atoms with Crippen molar-refractivity contribution < 1.29 is 14.3 Å². The number of carbonyl (C=O) groups is 2. The van der Waals surface area contributed by atoms with Gasteiger partial charge in [-0.15, -0.1) is 0 Å². The second-order valence-corrected chi connectivity index (χ2v) is 8.07. The molecule has 3 aromatic rings. The number of ether oxygens (including phenoxy) is 1. The van der Waals surface area contributed by atoms with E-state index in [4.69, 9.17) is 9.72 Å². The molecule has 0 fully saturated rings. The number of rotatable bonds is 8. The fraction of sp³-hybridized carbons (Fsp3) is 0.478. The molecule has 0 spiro atoms. The van der Waals surface area contributed by atoms with Gasteiger partial charge in [0.25, 0.3) is 0 Å². The van der Waals surface area contributed by atoms with Gasteiger partial charge in [0, 0.05) is 36.3 Å². The minimum Gasteiger partial charge on any atom is -0.469 e. The molecule has 0 saturated heterocycles. The average molecular weight is 411 g/mol. The summed E-state index contributed by atoms with van der Waals surface area (Å²) in [5.74, 6) is 0.0605. The molecule has 3 rings (SSSR count). The SMILES string of the molecule is COC(=O)CCN(CC(C)C)C(=O)CCc1c(C)nc2c3ccccc3nn2c1C. The molecule has 0 unspecified atom stereocenters. The maximum absolute atomic E-state index is 12.9. The van der Waals surface area contributed by atoms with Crippen LogP contribution in [0.5, 0.6) is 0 Å². The summed E-state index contributed by atoms with van der Waals surface area (Å²) in [7, 11) is 1.37.